The Bertz CT molecular complexity index is 768. The molecule has 1 aromatic rings. The molecule has 1 atom stereocenters. The monoisotopic (exact) mass is 451 g/mol. The molecular weight excluding hydrogens is 418 g/mol. The zero-order chi connectivity index (χ0) is 22.1. The Hall–Kier alpha value is -2.10. The summed E-state index contributed by atoms with van der Waals surface area (Å²) in [4.78, 5) is 16.1. The molecule has 0 spiro atoms. The van der Waals surface area contributed by atoms with Gasteiger partial charge in [-0.2, -0.15) is 15.0 Å². The van der Waals surface area contributed by atoms with Crippen molar-refractivity contribution < 1.29 is 9.84 Å². The van der Waals surface area contributed by atoms with E-state index in [1.54, 1.807) is 7.11 Å². The maximum atomic E-state index is 8.95. The van der Waals surface area contributed by atoms with Crippen molar-refractivity contribution in [3.63, 3.8) is 0 Å². The highest BCUT2D eigenvalue weighted by atomic mass is 35.5. The molecule has 10 heteroatoms. The predicted molar refractivity (Wildman–Crippen MR) is 125 cm³/mol. The van der Waals surface area contributed by atoms with Crippen LogP contribution in [0.4, 0.5) is 17.8 Å². The summed E-state index contributed by atoms with van der Waals surface area (Å²) in [6, 6.07) is 0.391. The highest BCUT2D eigenvalue weighted by Gasteiger charge is 2.22. The van der Waals surface area contributed by atoms with Crippen LogP contribution in [0.15, 0.2) is 23.6 Å². The number of hydrogen-bond donors (Lipinski definition) is 4. The van der Waals surface area contributed by atoms with E-state index in [9.17, 15) is 0 Å². The second kappa shape index (κ2) is 12.1. The maximum Gasteiger partial charge on any atom is 0.233 e. The van der Waals surface area contributed by atoms with E-state index in [-0.39, 0.29) is 12.0 Å². The van der Waals surface area contributed by atoms with Gasteiger partial charge in [-0.15, -0.1) is 11.6 Å². The van der Waals surface area contributed by atoms with Gasteiger partial charge in [0, 0.05) is 38.4 Å². The first-order valence-electron chi connectivity index (χ1n) is 11.0. The molecule has 1 aromatic heterocycles. The zero-order valence-corrected chi connectivity index (χ0v) is 19.2. The summed E-state index contributed by atoms with van der Waals surface area (Å²) in [6.45, 7) is 2.96. The van der Waals surface area contributed by atoms with Crippen molar-refractivity contribution >= 4 is 29.4 Å². The molecule has 2 aliphatic rings. The van der Waals surface area contributed by atoms with Crippen LogP contribution in [-0.2, 0) is 4.74 Å². The van der Waals surface area contributed by atoms with Crippen molar-refractivity contribution in [2.45, 2.75) is 49.9 Å². The molecule has 1 saturated heterocycles. The number of halogens is 1. The van der Waals surface area contributed by atoms with Crippen molar-refractivity contribution in [2.75, 3.05) is 55.9 Å². The molecule has 172 valence electrons. The lowest BCUT2D eigenvalue weighted by Gasteiger charge is -2.31. The summed E-state index contributed by atoms with van der Waals surface area (Å²) in [5, 5.41) is 18.7. The van der Waals surface area contributed by atoms with Crippen LogP contribution < -0.4 is 20.9 Å². The topological polar surface area (TPSA) is 107 Å². The number of alkyl halides is 1. The fourth-order valence-corrected chi connectivity index (χ4v) is 4.04. The quantitative estimate of drug-likeness (QED) is 0.298. The van der Waals surface area contributed by atoms with Gasteiger partial charge in [0.05, 0.1) is 12.5 Å². The standard InChI is InChI=1S/C21H34ClN7O2/c1-29(16-8-11-23-12-9-16)21-27-19(24-10-4-3-5-13-30)26-20(28-21)25-15-6-7-18(31-2)17(22)14-15/h6-7,16-17,23,30H,3-5,8-14H2,1-2H3,(H2,24,25,26,27,28). The number of ether oxygens (including phenoxy) is 1. The van der Waals surface area contributed by atoms with E-state index in [1.165, 1.54) is 0 Å². The summed E-state index contributed by atoms with van der Waals surface area (Å²) in [5.41, 5.74) is 0.927. The Labute approximate surface area is 189 Å². The van der Waals surface area contributed by atoms with Gasteiger partial charge in [-0.1, -0.05) is 0 Å². The molecule has 4 N–H and O–H groups in total. The Kier molecular flexibility index (Phi) is 9.17. The molecule has 0 aromatic carbocycles. The fourth-order valence-electron chi connectivity index (χ4n) is 3.71. The van der Waals surface area contributed by atoms with Gasteiger partial charge in [-0.3, -0.25) is 0 Å². The summed E-state index contributed by atoms with van der Waals surface area (Å²) in [5.74, 6) is 2.44. The molecule has 31 heavy (non-hydrogen) atoms. The number of allylic oxidation sites excluding steroid dienone is 4. The number of rotatable bonds is 11. The molecule has 1 aliphatic carbocycles. The van der Waals surface area contributed by atoms with Gasteiger partial charge in [-0.05, 0) is 57.3 Å². The third-order valence-electron chi connectivity index (χ3n) is 5.58. The maximum absolute atomic E-state index is 8.95. The number of unbranched alkanes of at least 4 members (excludes halogenated alkanes) is 2. The van der Waals surface area contributed by atoms with E-state index in [2.05, 4.69) is 35.8 Å². The van der Waals surface area contributed by atoms with Gasteiger partial charge in [0.15, 0.2) is 0 Å². The normalized spacial score (nSPS) is 19.4. The van der Waals surface area contributed by atoms with E-state index in [4.69, 9.17) is 21.4 Å². The Morgan fingerprint density at radius 1 is 1.16 bits per heavy atom. The second-order valence-corrected chi connectivity index (χ2v) is 8.37. The lowest BCUT2D eigenvalue weighted by Crippen LogP contribution is -2.42. The van der Waals surface area contributed by atoms with Crippen LogP contribution in [0.3, 0.4) is 0 Å². The average molecular weight is 452 g/mol. The van der Waals surface area contributed by atoms with Gasteiger partial charge in [0.25, 0.3) is 0 Å². The van der Waals surface area contributed by atoms with Crippen LogP contribution in [-0.4, -0.2) is 71.9 Å². The molecule has 1 aliphatic heterocycles. The largest absolute Gasteiger partial charge is 0.500 e. The molecule has 2 heterocycles. The molecule has 0 bridgehead atoms. The van der Waals surface area contributed by atoms with Gasteiger partial charge in [0.2, 0.25) is 17.8 Å². The van der Waals surface area contributed by atoms with Crippen LogP contribution in [0.1, 0.15) is 38.5 Å². The van der Waals surface area contributed by atoms with Crippen LogP contribution in [0.25, 0.3) is 0 Å². The number of hydrogen-bond acceptors (Lipinski definition) is 9. The fraction of sp³-hybridized carbons (Fsp3) is 0.667. The minimum absolute atomic E-state index is 0.222. The predicted octanol–water partition coefficient (Wildman–Crippen LogP) is 2.47. The molecule has 0 radical (unpaired) electrons. The smallest absolute Gasteiger partial charge is 0.233 e. The zero-order valence-electron chi connectivity index (χ0n) is 18.4. The molecule has 0 saturated carbocycles. The number of anilines is 3. The lowest BCUT2D eigenvalue weighted by atomic mass is 10.1. The first-order chi connectivity index (χ1) is 15.1. The number of nitrogens with zero attached hydrogens (tertiary/aromatic N) is 4. The van der Waals surface area contributed by atoms with E-state index in [0.717, 1.165) is 63.2 Å². The van der Waals surface area contributed by atoms with Gasteiger partial charge < -0.3 is 30.7 Å². The molecule has 1 unspecified atom stereocenters. The van der Waals surface area contributed by atoms with Gasteiger partial charge >= 0.3 is 0 Å². The van der Waals surface area contributed by atoms with Gasteiger partial charge in [0.1, 0.15) is 5.76 Å². The molecule has 0 amide bonds. The highest BCUT2D eigenvalue weighted by Crippen LogP contribution is 2.26. The van der Waals surface area contributed by atoms with E-state index in [0.29, 0.717) is 30.3 Å². The summed E-state index contributed by atoms with van der Waals surface area (Å²) in [6.07, 6.45) is 9.23. The number of aromatic nitrogens is 3. The number of aliphatic hydroxyl groups excluding tert-OH is 1. The molecular formula is C21H34ClN7O2. The van der Waals surface area contributed by atoms with E-state index < -0.39 is 0 Å². The van der Waals surface area contributed by atoms with Crippen LogP contribution in [0, 0.1) is 0 Å². The van der Waals surface area contributed by atoms with E-state index >= 15 is 0 Å². The number of piperidine rings is 1. The molecule has 1 fully saturated rings. The molecule has 3 rings (SSSR count). The number of aliphatic hydroxyl groups is 1. The minimum Gasteiger partial charge on any atom is -0.500 e. The SMILES string of the molecule is COC1=CC=C(Nc2nc(NCCCCCO)nc(N(C)C3CCNCC3)n2)CC1Cl. The van der Waals surface area contributed by atoms with Crippen molar-refractivity contribution in [1.29, 1.82) is 0 Å². The third kappa shape index (κ3) is 6.95. The van der Waals surface area contributed by atoms with E-state index in [1.807, 2.05) is 19.2 Å². The molecule has 9 nitrogen and oxygen atoms in total. The minimum atomic E-state index is -0.222. The van der Waals surface area contributed by atoms with Crippen molar-refractivity contribution in [1.82, 2.24) is 20.3 Å². The average Bonchev–Trinajstić information content (AvgIpc) is 2.79. The Morgan fingerprint density at radius 3 is 2.65 bits per heavy atom. The van der Waals surface area contributed by atoms with Crippen molar-refractivity contribution in [3.05, 3.63) is 23.6 Å². The Morgan fingerprint density at radius 2 is 1.94 bits per heavy atom. The highest BCUT2D eigenvalue weighted by molar-refractivity contribution is 6.22. The van der Waals surface area contributed by atoms with Crippen LogP contribution in [0.5, 0.6) is 0 Å². The van der Waals surface area contributed by atoms with Crippen molar-refractivity contribution in [3.8, 4) is 0 Å². The van der Waals surface area contributed by atoms with Gasteiger partial charge in [-0.25, -0.2) is 0 Å². The summed E-state index contributed by atoms with van der Waals surface area (Å²) < 4.78 is 5.29. The summed E-state index contributed by atoms with van der Waals surface area (Å²) in [7, 11) is 3.67. The lowest BCUT2D eigenvalue weighted by molar-refractivity contribution is 0.277. The Balaban J connectivity index is 1.75. The first kappa shape index (κ1) is 23.6. The van der Waals surface area contributed by atoms with Crippen LogP contribution in [0.2, 0.25) is 0 Å². The second-order valence-electron chi connectivity index (χ2n) is 7.85. The number of nitrogens with one attached hydrogen (secondary N) is 3. The first-order valence-corrected chi connectivity index (χ1v) is 11.4. The van der Waals surface area contributed by atoms with Crippen molar-refractivity contribution in [2.24, 2.45) is 0 Å². The summed E-state index contributed by atoms with van der Waals surface area (Å²) >= 11 is 6.40. The van der Waals surface area contributed by atoms with Crippen LogP contribution >= 0.6 is 11.6 Å². The third-order valence-corrected chi connectivity index (χ3v) is 5.95. The number of methoxy groups -OCH3 is 1.